The number of thiazole rings is 1. The Morgan fingerprint density at radius 3 is 2.88 bits per heavy atom. The molecule has 3 aromatic rings. The van der Waals surface area contributed by atoms with Crippen molar-refractivity contribution in [3.8, 4) is 0 Å². The molecule has 0 aliphatic rings. The lowest BCUT2D eigenvalue weighted by atomic mass is 10.3. The van der Waals surface area contributed by atoms with Crippen molar-refractivity contribution >= 4 is 27.5 Å². The van der Waals surface area contributed by atoms with Gasteiger partial charge in [0.25, 0.3) is 5.91 Å². The van der Waals surface area contributed by atoms with E-state index in [-0.39, 0.29) is 5.82 Å². The van der Waals surface area contributed by atoms with Crippen LogP contribution < -0.4 is 4.80 Å². The summed E-state index contributed by atoms with van der Waals surface area (Å²) in [4.78, 5) is 17.2. The van der Waals surface area contributed by atoms with Crippen LogP contribution in [-0.4, -0.2) is 34.0 Å². The third-order valence-electron chi connectivity index (χ3n) is 3.86. The van der Waals surface area contributed by atoms with Crippen LogP contribution in [-0.2, 0) is 17.8 Å². The minimum atomic E-state index is -0.409. The Morgan fingerprint density at radius 1 is 1.40 bits per heavy atom. The van der Waals surface area contributed by atoms with E-state index in [0.29, 0.717) is 30.2 Å². The van der Waals surface area contributed by atoms with Crippen LogP contribution in [0.5, 0.6) is 0 Å². The fraction of sp³-hybridized carbons (Fsp3) is 0.353. The van der Waals surface area contributed by atoms with E-state index < -0.39 is 5.91 Å². The van der Waals surface area contributed by atoms with E-state index in [1.165, 1.54) is 23.5 Å². The van der Waals surface area contributed by atoms with Crippen molar-refractivity contribution in [2.24, 2.45) is 4.99 Å². The Kier molecular flexibility index (Phi) is 5.10. The Bertz CT molecular complexity index is 986. The first-order chi connectivity index (χ1) is 12.0. The predicted molar refractivity (Wildman–Crippen MR) is 94.2 cm³/mol. The van der Waals surface area contributed by atoms with Gasteiger partial charge in [-0.25, -0.2) is 4.39 Å². The number of carbonyl (C=O) groups is 1. The molecule has 0 aliphatic heterocycles. The molecule has 6 nitrogen and oxygen atoms in total. The number of methoxy groups -OCH3 is 1. The Morgan fingerprint density at radius 2 is 2.20 bits per heavy atom. The van der Waals surface area contributed by atoms with E-state index in [0.717, 1.165) is 15.9 Å². The normalized spacial score (nSPS) is 12.2. The van der Waals surface area contributed by atoms with Crippen LogP contribution in [0, 0.1) is 12.7 Å². The maximum atomic E-state index is 13.5. The van der Waals surface area contributed by atoms with Gasteiger partial charge in [0.15, 0.2) is 10.5 Å². The molecule has 0 N–H and O–H groups in total. The van der Waals surface area contributed by atoms with Crippen molar-refractivity contribution in [1.29, 1.82) is 0 Å². The maximum absolute atomic E-state index is 13.5. The van der Waals surface area contributed by atoms with Gasteiger partial charge in [0.2, 0.25) is 0 Å². The average Bonchev–Trinajstić information content (AvgIpc) is 3.12. The molecule has 8 heteroatoms. The number of halogens is 1. The molecule has 3 rings (SSSR count). The summed E-state index contributed by atoms with van der Waals surface area (Å²) in [7, 11) is 1.61. The number of aromatic nitrogens is 3. The number of benzene rings is 1. The maximum Gasteiger partial charge on any atom is 0.300 e. The van der Waals surface area contributed by atoms with E-state index in [1.54, 1.807) is 23.9 Å². The summed E-state index contributed by atoms with van der Waals surface area (Å²) in [6.45, 7) is 5.54. The first-order valence-electron chi connectivity index (χ1n) is 7.94. The SMILES string of the molecule is CCn1nc(C(=O)N=c2sc3cc(F)ccc3n2CCOC)cc1C. The number of carbonyl (C=O) groups excluding carboxylic acids is 1. The molecule has 0 radical (unpaired) electrons. The van der Waals surface area contributed by atoms with E-state index in [9.17, 15) is 9.18 Å². The number of nitrogens with zero attached hydrogens (tertiary/aromatic N) is 4. The van der Waals surface area contributed by atoms with Crippen LogP contribution >= 0.6 is 11.3 Å². The van der Waals surface area contributed by atoms with E-state index in [2.05, 4.69) is 10.1 Å². The topological polar surface area (TPSA) is 61.4 Å². The van der Waals surface area contributed by atoms with Crippen LogP contribution in [0.1, 0.15) is 23.1 Å². The lowest BCUT2D eigenvalue weighted by molar-refractivity contribution is 0.0992. The first kappa shape index (κ1) is 17.5. The van der Waals surface area contributed by atoms with Crippen LogP contribution in [0.15, 0.2) is 29.3 Å². The minimum absolute atomic E-state index is 0.307. The zero-order valence-corrected chi connectivity index (χ0v) is 15.1. The summed E-state index contributed by atoms with van der Waals surface area (Å²) in [5.74, 6) is -0.726. The van der Waals surface area contributed by atoms with Crippen molar-refractivity contribution in [2.75, 3.05) is 13.7 Å². The first-order valence-corrected chi connectivity index (χ1v) is 8.76. The molecular weight excluding hydrogens is 343 g/mol. The lowest BCUT2D eigenvalue weighted by Gasteiger charge is -2.03. The molecule has 1 aromatic carbocycles. The quantitative estimate of drug-likeness (QED) is 0.701. The van der Waals surface area contributed by atoms with Crippen molar-refractivity contribution < 1.29 is 13.9 Å². The molecule has 2 aromatic heterocycles. The Labute approximate surface area is 148 Å². The van der Waals surface area contributed by atoms with Gasteiger partial charge >= 0.3 is 0 Å². The molecule has 0 bridgehead atoms. The summed E-state index contributed by atoms with van der Waals surface area (Å²) >= 11 is 1.27. The summed E-state index contributed by atoms with van der Waals surface area (Å²) in [5.41, 5.74) is 2.04. The second kappa shape index (κ2) is 7.28. The second-order valence-electron chi connectivity index (χ2n) is 5.54. The highest BCUT2D eigenvalue weighted by molar-refractivity contribution is 7.16. The van der Waals surface area contributed by atoms with Gasteiger partial charge in [0.1, 0.15) is 5.82 Å². The molecule has 1 amide bonds. The zero-order chi connectivity index (χ0) is 18.0. The van der Waals surface area contributed by atoms with Gasteiger partial charge in [-0.2, -0.15) is 10.1 Å². The fourth-order valence-corrected chi connectivity index (χ4v) is 3.69. The molecule has 0 atom stereocenters. The molecule has 0 aliphatic carbocycles. The summed E-state index contributed by atoms with van der Waals surface area (Å²) in [6, 6.07) is 6.26. The standard InChI is InChI=1S/C17H19FN4O2S/c1-4-22-11(2)9-13(20-22)16(23)19-17-21(7-8-24-3)14-6-5-12(18)10-15(14)25-17/h5-6,9-10H,4,7-8H2,1-3H3. The number of hydrogen-bond donors (Lipinski definition) is 0. The van der Waals surface area contributed by atoms with Crippen LogP contribution in [0.4, 0.5) is 4.39 Å². The van der Waals surface area contributed by atoms with Gasteiger partial charge in [-0.15, -0.1) is 0 Å². The smallest absolute Gasteiger partial charge is 0.300 e. The second-order valence-corrected chi connectivity index (χ2v) is 6.55. The molecule has 0 unspecified atom stereocenters. The minimum Gasteiger partial charge on any atom is -0.383 e. The van der Waals surface area contributed by atoms with Gasteiger partial charge in [0, 0.05) is 25.9 Å². The summed E-state index contributed by atoms with van der Waals surface area (Å²) in [6.07, 6.45) is 0. The molecule has 2 heterocycles. The van der Waals surface area contributed by atoms with Crippen LogP contribution in [0.3, 0.4) is 0 Å². The third-order valence-corrected chi connectivity index (χ3v) is 4.90. The summed E-state index contributed by atoms with van der Waals surface area (Å²) < 4.78 is 23.0. The summed E-state index contributed by atoms with van der Waals surface area (Å²) in [5, 5.41) is 4.27. The Hall–Kier alpha value is -2.32. The molecule has 0 fully saturated rings. The number of amides is 1. The predicted octanol–water partition coefficient (Wildman–Crippen LogP) is 2.75. The van der Waals surface area contributed by atoms with Gasteiger partial charge in [0.05, 0.1) is 16.8 Å². The molecule has 132 valence electrons. The highest BCUT2D eigenvalue weighted by Crippen LogP contribution is 2.18. The monoisotopic (exact) mass is 362 g/mol. The van der Waals surface area contributed by atoms with Gasteiger partial charge in [-0.05, 0) is 38.1 Å². The van der Waals surface area contributed by atoms with Crippen molar-refractivity contribution in [1.82, 2.24) is 14.3 Å². The third kappa shape index (κ3) is 3.54. The molecular formula is C17H19FN4O2S. The van der Waals surface area contributed by atoms with E-state index in [1.807, 2.05) is 18.4 Å². The molecule has 0 spiro atoms. The van der Waals surface area contributed by atoms with Crippen molar-refractivity contribution in [3.63, 3.8) is 0 Å². The number of hydrogen-bond acceptors (Lipinski definition) is 4. The van der Waals surface area contributed by atoms with Gasteiger partial charge < -0.3 is 9.30 Å². The van der Waals surface area contributed by atoms with Crippen molar-refractivity contribution in [3.05, 3.63) is 46.3 Å². The van der Waals surface area contributed by atoms with Gasteiger partial charge in [-0.1, -0.05) is 11.3 Å². The van der Waals surface area contributed by atoms with Crippen molar-refractivity contribution in [2.45, 2.75) is 26.9 Å². The fourth-order valence-electron chi connectivity index (χ4n) is 2.61. The lowest BCUT2D eigenvalue weighted by Crippen LogP contribution is -2.19. The molecule has 0 saturated heterocycles. The number of ether oxygens (including phenoxy) is 1. The van der Waals surface area contributed by atoms with E-state index >= 15 is 0 Å². The number of fused-ring (bicyclic) bond motifs is 1. The molecule has 0 saturated carbocycles. The zero-order valence-electron chi connectivity index (χ0n) is 14.3. The number of aryl methyl sites for hydroxylation is 2. The Balaban J connectivity index is 2.08. The average molecular weight is 362 g/mol. The largest absolute Gasteiger partial charge is 0.383 e. The van der Waals surface area contributed by atoms with E-state index in [4.69, 9.17) is 4.74 Å². The highest BCUT2D eigenvalue weighted by Gasteiger charge is 2.13. The number of rotatable bonds is 5. The highest BCUT2D eigenvalue weighted by atomic mass is 32.1. The van der Waals surface area contributed by atoms with Gasteiger partial charge in [-0.3, -0.25) is 9.48 Å². The van der Waals surface area contributed by atoms with Crippen LogP contribution in [0.2, 0.25) is 0 Å². The molecule has 25 heavy (non-hydrogen) atoms. The van der Waals surface area contributed by atoms with Crippen LogP contribution in [0.25, 0.3) is 10.2 Å².